The molecule has 0 fully saturated rings. The number of hydrogen-bond donors (Lipinski definition) is 1. The van der Waals surface area contributed by atoms with Crippen molar-refractivity contribution in [3.8, 4) is 0 Å². The van der Waals surface area contributed by atoms with Gasteiger partial charge in [-0.3, -0.25) is 4.79 Å². The molecule has 0 amide bonds. The van der Waals surface area contributed by atoms with Crippen molar-refractivity contribution >= 4 is 47.0 Å². The average Bonchev–Trinajstić information content (AvgIpc) is 1.35. The number of rotatable bonds is 2. The van der Waals surface area contributed by atoms with Gasteiger partial charge in [-0.25, -0.2) is 0 Å². The van der Waals surface area contributed by atoms with Crippen LogP contribution in [-0.2, 0) is 20.0 Å². The molecule has 38 valence electrons. The standard InChI is InChI=1S/CH2O4S.Na.H/c2-1-5-6(3)4;;/h1,6H;;. The summed E-state index contributed by atoms with van der Waals surface area (Å²) in [6.07, 6.45) is 0. The molecule has 0 aromatic carbocycles. The number of thiol groups is 1. The fourth-order valence-corrected chi connectivity index (χ4v) is 0.105. The Hall–Kier alpha value is 0.420. The van der Waals surface area contributed by atoms with Crippen LogP contribution in [0.1, 0.15) is 0 Å². The van der Waals surface area contributed by atoms with Gasteiger partial charge in [0.15, 0.2) is 0 Å². The SMILES string of the molecule is O=CO[SH](=O)=O.[NaH]. The molecule has 7 heavy (non-hydrogen) atoms. The van der Waals surface area contributed by atoms with E-state index in [0.717, 1.165) is 0 Å². The van der Waals surface area contributed by atoms with Crippen LogP contribution in [0.15, 0.2) is 0 Å². The zero-order chi connectivity index (χ0) is 4.99. The molecular weight excluding hydrogens is 131 g/mol. The van der Waals surface area contributed by atoms with E-state index in [0.29, 0.717) is 0 Å². The summed E-state index contributed by atoms with van der Waals surface area (Å²) in [5.41, 5.74) is 0. The first-order valence-electron chi connectivity index (χ1n) is 1.02. The van der Waals surface area contributed by atoms with Crippen molar-refractivity contribution < 1.29 is 17.4 Å². The molecule has 0 aliphatic carbocycles. The van der Waals surface area contributed by atoms with Crippen molar-refractivity contribution in [2.45, 2.75) is 0 Å². The van der Waals surface area contributed by atoms with E-state index in [-0.39, 0.29) is 36.0 Å². The Labute approximate surface area is 64.3 Å². The van der Waals surface area contributed by atoms with Gasteiger partial charge in [0.25, 0.3) is 0 Å². The zero-order valence-corrected chi connectivity index (χ0v) is 3.55. The predicted molar refractivity (Wildman–Crippen MR) is 24.6 cm³/mol. The number of carbonyl (C=O) groups excluding carboxylic acids is 1. The van der Waals surface area contributed by atoms with Crippen molar-refractivity contribution in [1.29, 1.82) is 0 Å². The third kappa shape index (κ3) is 10.7. The Morgan fingerprint density at radius 2 is 1.86 bits per heavy atom. The molecule has 0 spiro atoms. The van der Waals surface area contributed by atoms with Crippen molar-refractivity contribution in [2.24, 2.45) is 0 Å². The Morgan fingerprint density at radius 1 is 1.43 bits per heavy atom. The van der Waals surface area contributed by atoms with Gasteiger partial charge in [0, 0.05) is 0 Å². The molecule has 0 saturated heterocycles. The maximum atomic E-state index is 9.18. The normalized spacial score (nSPS) is 7.00. The average molecular weight is 134 g/mol. The van der Waals surface area contributed by atoms with E-state index >= 15 is 0 Å². The summed E-state index contributed by atoms with van der Waals surface area (Å²) in [7, 11) is -2.97. The minimum absolute atomic E-state index is 0. The van der Waals surface area contributed by atoms with Crippen LogP contribution in [0.2, 0.25) is 0 Å². The number of carbonyl (C=O) groups is 1. The van der Waals surface area contributed by atoms with Crippen LogP contribution in [0.25, 0.3) is 0 Å². The van der Waals surface area contributed by atoms with Gasteiger partial charge in [-0.15, -0.1) is 0 Å². The van der Waals surface area contributed by atoms with Crippen LogP contribution in [0.5, 0.6) is 0 Å². The molecule has 0 saturated carbocycles. The van der Waals surface area contributed by atoms with Crippen LogP contribution in [0.3, 0.4) is 0 Å². The van der Waals surface area contributed by atoms with Crippen molar-refractivity contribution in [3.05, 3.63) is 0 Å². The van der Waals surface area contributed by atoms with E-state index in [1.54, 1.807) is 0 Å². The Balaban J connectivity index is 0. The first kappa shape index (κ1) is 10.4. The van der Waals surface area contributed by atoms with Crippen LogP contribution in [-0.4, -0.2) is 44.4 Å². The molecule has 0 N–H and O–H groups in total. The monoisotopic (exact) mass is 134 g/mol. The van der Waals surface area contributed by atoms with E-state index < -0.39 is 11.0 Å². The molecule has 0 aromatic rings. The summed E-state index contributed by atoms with van der Waals surface area (Å²) >= 11 is 0. The van der Waals surface area contributed by atoms with E-state index in [9.17, 15) is 8.42 Å². The van der Waals surface area contributed by atoms with Crippen molar-refractivity contribution in [3.63, 3.8) is 0 Å². The molecule has 0 radical (unpaired) electrons. The number of hydrogen-bond acceptors (Lipinski definition) is 4. The second-order valence-corrected chi connectivity index (χ2v) is 1.08. The Kier molecular flexibility index (Phi) is 9.55. The summed E-state index contributed by atoms with van der Waals surface area (Å²) in [4.78, 5) is 9.01. The van der Waals surface area contributed by atoms with Gasteiger partial charge in [-0.05, 0) is 0 Å². The summed E-state index contributed by atoms with van der Waals surface area (Å²) in [5, 5.41) is 0. The zero-order valence-electron chi connectivity index (χ0n) is 2.66. The fourth-order valence-electron chi connectivity index (χ4n) is 0.0351. The van der Waals surface area contributed by atoms with Gasteiger partial charge in [-0.1, -0.05) is 0 Å². The van der Waals surface area contributed by atoms with Crippen LogP contribution >= 0.6 is 0 Å². The molecule has 6 heteroatoms. The molecule has 0 aromatic heterocycles. The molecule has 0 heterocycles. The molecular formula is CH3NaO4S. The third-order valence-electron chi connectivity index (χ3n) is 0.129. The third-order valence-corrected chi connectivity index (χ3v) is 0.387. The van der Waals surface area contributed by atoms with Gasteiger partial charge in [-0.2, -0.15) is 8.42 Å². The Morgan fingerprint density at radius 3 is 1.86 bits per heavy atom. The summed E-state index contributed by atoms with van der Waals surface area (Å²) in [6.45, 7) is -0.147. The van der Waals surface area contributed by atoms with Crippen LogP contribution in [0.4, 0.5) is 0 Å². The van der Waals surface area contributed by atoms with E-state index in [2.05, 4.69) is 4.18 Å². The Bertz CT molecular complexity index is 98.3. The van der Waals surface area contributed by atoms with E-state index in [1.807, 2.05) is 0 Å². The fraction of sp³-hybridized carbons (Fsp3) is 0. The maximum absolute atomic E-state index is 9.18. The summed E-state index contributed by atoms with van der Waals surface area (Å²) < 4.78 is 21.7. The predicted octanol–water partition coefficient (Wildman–Crippen LogP) is -1.96. The first-order chi connectivity index (χ1) is 2.77. The van der Waals surface area contributed by atoms with E-state index in [4.69, 9.17) is 4.79 Å². The second-order valence-electron chi connectivity index (χ2n) is 0.425. The summed E-state index contributed by atoms with van der Waals surface area (Å²) in [5.74, 6) is 0. The quantitative estimate of drug-likeness (QED) is 0.270. The molecule has 0 rings (SSSR count). The van der Waals surface area contributed by atoms with Crippen molar-refractivity contribution in [2.75, 3.05) is 0 Å². The van der Waals surface area contributed by atoms with Gasteiger partial charge >= 0.3 is 47.0 Å². The van der Waals surface area contributed by atoms with Gasteiger partial charge in [0.1, 0.15) is 0 Å². The molecule has 4 nitrogen and oxygen atoms in total. The van der Waals surface area contributed by atoms with E-state index in [1.165, 1.54) is 0 Å². The minimum atomic E-state index is -2.97. The first-order valence-corrected chi connectivity index (χ1v) is 2.11. The van der Waals surface area contributed by atoms with Crippen molar-refractivity contribution in [1.82, 2.24) is 0 Å². The van der Waals surface area contributed by atoms with Gasteiger partial charge in [0.2, 0.25) is 0 Å². The molecule has 0 bridgehead atoms. The van der Waals surface area contributed by atoms with Crippen LogP contribution in [0, 0.1) is 0 Å². The molecule has 0 aliphatic heterocycles. The van der Waals surface area contributed by atoms with Gasteiger partial charge in [0.05, 0.1) is 0 Å². The topological polar surface area (TPSA) is 60.4 Å². The summed E-state index contributed by atoms with van der Waals surface area (Å²) in [6, 6.07) is 0. The molecule has 0 unspecified atom stereocenters. The molecule has 0 atom stereocenters. The second kappa shape index (κ2) is 6.42. The van der Waals surface area contributed by atoms with Gasteiger partial charge < -0.3 is 4.18 Å². The van der Waals surface area contributed by atoms with Crippen LogP contribution < -0.4 is 0 Å². The molecule has 0 aliphatic rings.